The molecule has 1 aromatic heterocycles. The van der Waals surface area contributed by atoms with E-state index in [1.807, 2.05) is 0 Å². The third kappa shape index (κ3) is 4.81. The second kappa shape index (κ2) is 13.1. The Kier molecular flexibility index (Phi) is 7.51. The van der Waals surface area contributed by atoms with Crippen molar-refractivity contribution in [3.63, 3.8) is 0 Å². The van der Waals surface area contributed by atoms with Gasteiger partial charge in [-0.1, -0.05) is 106 Å². The Morgan fingerprint density at radius 2 is 1.30 bits per heavy atom. The van der Waals surface area contributed by atoms with Gasteiger partial charge in [-0.15, -0.1) is 0 Å². The highest BCUT2D eigenvalue weighted by atomic mass is 15.2. The number of nitrogens with zero attached hydrogens (tertiary/aromatic N) is 1. The number of benzene rings is 7. The van der Waals surface area contributed by atoms with Crippen molar-refractivity contribution in [2.24, 2.45) is 47.3 Å². The van der Waals surface area contributed by atoms with Crippen LogP contribution in [0, 0.1) is 54.3 Å². The molecular formula is C67H64BN2. The molecule has 0 amide bonds. The molecule has 0 spiro atoms. The van der Waals surface area contributed by atoms with E-state index in [1.165, 1.54) is 164 Å². The molecular weight excluding hydrogens is 844 g/mol. The first-order chi connectivity index (χ1) is 34.0. The number of rotatable bonds is 5. The summed E-state index contributed by atoms with van der Waals surface area (Å²) in [7, 11) is 2.60. The van der Waals surface area contributed by atoms with E-state index in [0.29, 0.717) is 10.8 Å². The average Bonchev–Trinajstić information content (AvgIpc) is 3.88. The Balaban J connectivity index is 0.960. The molecule has 0 saturated heterocycles. The minimum atomic E-state index is 0.0826. The normalized spacial score (nSPS) is 32.5. The summed E-state index contributed by atoms with van der Waals surface area (Å²) < 4.78 is 0. The van der Waals surface area contributed by atoms with Crippen LogP contribution in [0.1, 0.15) is 120 Å². The molecule has 1 N–H and O–H groups in total. The summed E-state index contributed by atoms with van der Waals surface area (Å²) in [5.41, 5.74) is 23.1. The number of anilines is 3. The zero-order valence-electron chi connectivity index (χ0n) is 41.8. The van der Waals surface area contributed by atoms with Crippen molar-refractivity contribution in [3.05, 3.63) is 149 Å². The smallest absolute Gasteiger partial charge is 0.198 e. The molecule has 2 heterocycles. The SMILES string of the molecule is Cc1cc2c(cc1N1c3cc(-c4ccccc4)cc(-c4cc(C56CC7CC8CC(C5)C6C87)cc5c4[nH]c4ccc(C67C8CCC6CC7C8)cc45)c3[B]c3c1ccc1ccccc31)C(C)(C)CCC2(C)C. The number of aromatic amines is 1. The van der Waals surface area contributed by atoms with Gasteiger partial charge in [0, 0.05) is 44.3 Å². The molecule has 7 saturated carbocycles. The zero-order chi connectivity index (χ0) is 46.4. The molecule has 345 valence electrons. The average molecular weight is 908 g/mol. The lowest BCUT2D eigenvalue weighted by atomic mass is 9.39. The molecule has 8 atom stereocenters. The van der Waals surface area contributed by atoms with E-state index in [1.54, 1.807) is 11.1 Å². The van der Waals surface area contributed by atoms with Gasteiger partial charge in [-0.3, -0.25) is 0 Å². The molecule has 8 aromatic rings. The Bertz CT molecular complexity index is 3630. The molecule has 3 heteroatoms. The standard InChI is InChI=1S/C67H64BN2/c1-36-23-53-54(65(4,5)22-21-64(53,2)3)33-57(36)70-56-20-15-38-13-9-10-14-48(38)61(56)68-62-50(26-39(27-58(62)70)37-11-7-6-8-12-37)52-32-46(66-34-41-24-40-25-42(35-66)60(66)59(40)41)31-51-49-30-45(18-19-55(49)69-63(51)52)67-43-16-17-44(67)29-47(67)28-43/h6-15,18-20,23,26-27,30-33,40-44,47,59-60,69H,16-17,21-22,24-25,28-29,34-35H2,1-5H3. The highest BCUT2D eigenvalue weighted by Gasteiger charge is 2.73. The quantitative estimate of drug-likeness (QED) is 0.171. The van der Waals surface area contributed by atoms with Gasteiger partial charge in [-0.05, 0) is 244 Å². The van der Waals surface area contributed by atoms with E-state index in [2.05, 4.69) is 173 Å². The number of hydrogen-bond acceptors (Lipinski definition) is 1. The van der Waals surface area contributed by atoms with Crippen LogP contribution in [-0.2, 0) is 21.7 Å². The number of nitrogens with one attached hydrogen (secondary N) is 1. The van der Waals surface area contributed by atoms with Crippen LogP contribution in [0.15, 0.2) is 121 Å². The van der Waals surface area contributed by atoms with Crippen molar-refractivity contribution in [2.45, 2.75) is 120 Å². The minimum Gasteiger partial charge on any atom is -0.354 e. The summed E-state index contributed by atoms with van der Waals surface area (Å²) in [5, 5.41) is 5.53. The van der Waals surface area contributed by atoms with Gasteiger partial charge < -0.3 is 9.88 Å². The lowest BCUT2D eigenvalue weighted by Gasteiger charge is -2.65. The molecule has 70 heavy (non-hydrogen) atoms. The molecule has 9 aliphatic rings. The molecule has 1 aliphatic heterocycles. The summed E-state index contributed by atoms with van der Waals surface area (Å²) in [6.45, 7) is 12.3. The minimum absolute atomic E-state index is 0.0826. The van der Waals surface area contributed by atoms with E-state index >= 15 is 0 Å². The summed E-state index contributed by atoms with van der Waals surface area (Å²) in [6, 6.07) is 48.8. The van der Waals surface area contributed by atoms with Crippen LogP contribution in [-0.4, -0.2) is 12.3 Å². The van der Waals surface area contributed by atoms with Crippen LogP contribution < -0.4 is 15.8 Å². The number of hydrogen-bond donors (Lipinski definition) is 1. The second-order valence-electron chi connectivity index (χ2n) is 26.3. The number of aryl methyl sites for hydroxylation is 1. The third-order valence-corrected chi connectivity index (χ3v) is 22.6. The van der Waals surface area contributed by atoms with Crippen LogP contribution >= 0.6 is 0 Å². The van der Waals surface area contributed by atoms with Crippen molar-refractivity contribution in [2.75, 3.05) is 4.90 Å². The van der Waals surface area contributed by atoms with Crippen LogP contribution in [0.25, 0.3) is 54.8 Å². The van der Waals surface area contributed by atoms with Gasteiger partial charge in [0.1, 0.15) is 0 Å². The molecule has 8 unspecified atom stereocenters. The Morgan fingerprint density at radius 3 is 2.11 bits per heavy atom. The molecule has 1 radical (unpaired) electrons. The first-order valence-corrected chi connectivity index (χ1v) is 27.7. The summed E-state index contributed by atoms with van der Waals surface area (Å²) in [6.07, 6.45) is 14.0. The fourth-order valence-corrected chi connectivity index (χ4v) is 19.3. The van der Waals surface area contributed by atoms with Crippen LogP contribution in [0.4, 0.5) is 17.1 Å². The topological polar surface area (TPSA) is 19.0 Å². The van der Waals surface area contributed by atoms with Gasteiger partial charge in [0.25, 0.3) is 0 Å². The predicted octanol–water partition coefficient (Wildman–Crippen LogP) is 15.5. The van der Waals surface area contributed by atoms with Gasteiger partial charge in [-0.25, -0.2) is 0 Å². The first kappa shape index (κ1) is 40.1. The Hall–Kier alpha value is -5.54. The number of H-pyrrole nitrogens is 1. The van der Waals surface area contributed by atoms with E-state index in [4.69, 9.17) is 0 Å². The van der Waals surface area contributed by atoms with Crippen molar-refractivity contribution in [3.8, 4) is 22.3 Å². The van der Waals surface area contributed by atoms with Gasteiger partial charge in [0.05, 0.1) is 5.52 Å². The van der Waals surface area contributed by atoms with Crippen LogP contribution in [0.3, 0.4) is 0 Å². The highest BCUT2D eigenvalue weighted by molar-refractivity contribution is 6.75. The fraction of sp³-hybridized carbons (Fsp3) is 0.403. The molecule has 7 fully saturated rings. The van der Waals surface area contributed by atoms with E-state index in [0.717, 1.165) is 47.3 Å². The summed E-state index contributed by atoms with van der Waals surface area (Å²) in [5.74, 6) is 7.36. The van der Waals surface area contributed by atoms with Gasteiger partial charge in [-0.2, -0.15) is 0 Å². The fourth-order valence-electron chi connectivity index (χ4n) is 19.3. The predicted molar refractivity (Wildman–Crippen MR) is 292 cm³/mol. The van der Waals surface area contributed by atoms with E-state index in [-0.39, 0.29) is 10.8 Å². The first-order valence-electron chi connectivity index (χ1n) is 27.7. The van der Waals surface area contributed by atoms with E-state index < -0.39 is 0 Å². The molecule has 2 nitrogen and oxygen atoms in total. The Labute approximate surface area is 414 Å². The lowest BCUT2D eigenvalue weighted by molar-refractivity contribution is -0.0835. The maximum absolute atomic E-state index is 4.22. The molecule has 8 aliphatic carbocycles. The van der Waals surface area contributed by atoms with Crippen LogP contribution in [0.5, 0.6) is 0 Å². The molecule has 0 bridgehead atoms. The van der Waals surface area contributed by atoms with E-state index in [9.17, 15) is 0 Å². The van der Waals surface area contributed by atoms with Gasteiger partial charge >= 0.3 is 0 Å². The monoisotopic (exact) mass is 908 g/mol. The van der Waals surface area contributed by atoms with Crippen molar-refractivity contribution >= 4 is 67.8 Å². The lowest BCUT2D eigenvalue weighted by Crippen LogP contribution is -2.61. The maximum Gasteiger partial charge on any atom is 0.198 e. The zero-order valence-corrected chi connectivity index (χ0v) is 41.8. The van der Waals surface area contributed by atoms with Crippen molar-refractivity contribution in [1.82, 2.24) is 4.98 Å². The van der Waals surface area contributed by atoms with Crippen molar-refractivity contribution < 1.29 is 0 Å². The second-order valence-corrected chi connectivity index (χ2v) is 26.3. The largest absolute Gasteiger partial charge is 0.354 e. The Morgan fingerprint density at radius 1 is 0.557 bits per heavy atom. The van der Waals surface area contributed by atoms with Crippen LogP contribution in [0.2, 0.25) is 0 Å². The van der Waals surface area contributed by atoms with Crippen molar-refractivity contribution in [1.29, 1.82) is 0 Å². The summed E-state index contributed by atoms with van der Waals surface area (Å²) in [4.78, 5) is 6.92. The highest BCUT2D eigenvalue weighted by Crippen LogP contribution is 2.79. The molecule has 7 aromatic carbocycles. The molecule has 17 rings (SSSR count). The number of aromatic nitrogens is 1. The summed E-state index contributed by atoms with van der Waals surface area (Å²) >= 11 is 0. The van der Waals surface area contributed by atoms with Gasteiger partial charge in [0.15, 0.2) is 7.28 Å². The number of fused-ring (bicyclic) bond motifs is 8. The van der Waals surface area contributed by atoms with Gasteiger partial charge in [0.2, 0.25) is 0 Å². The third-order valence-electron chi connectivity index (χ3n) is 22.6. The maximum atomic E-state index is 4.22.